The number of Topliss-reactive ketones (excluding diaryl/α,β-unsaturated/α-hetero) is 1. The molecule has 3 N–H and O–H groups in total. The number of thioether (sulfide) groups is 1. The minimum Gasteiger partial charge on any atom is -0.477 e. The number of aliphatic hydroxyl groups is 1. The van der Waals surface area contributed by atoms with Crippen LogP contribution in [0.5, 0.6) is 0 Å². The molecule has 0 saturated carbocycles. The number of β-lactam (4-membered cyclic amide) rings is 1. The highest BCUT2D eigenvalue weighted by molar-refractivity contribution is 8.03. The molecule has 6 atom stereocenters. The predicted octanol–water partition coefficient (Wildman–Crippen LogP) is -0.349. The number of nitrogens with one attached hydrogen (secondary N) is 1. The van der Waals surface area contributed by atoms with Gasteiger partial charge in [0.15, 0.2) is 5.78 Å². The zero-order valence-corrected chi connectivity index (χ0v) is 17.7. The van der Waals surface area contributed by atoms with E-state index in [2.05, 4.69) is 5.32 Å². The van der Waals surface area contributed by atoms with Gasteiger partial charge >= 0.3 is 5.97 Å². The van der Waals surface area contributed by atoms with E-state index in [0.29, 0.717) is 17.9 Å². The van der Waals surface area contributed by atoms with Crippen LogP contribution in [0.3, 0.4) is 0 Å². The van der Waals surface area contributed by atoms with Gasteiger partial charge in [-0.25, -0.2) is 4.79 Å². The third kappa shape index (κ3) is 3.80. The Bertz CT molecular complexity index is 780. The fourth-order valence-corrected chi connectivity index (χ4v) is 5.81. The first kappa shape index (κ1) is 21.8. The van der Waals surface area contributed by atoms with Crippen molar-refractivity contribution >= 4 is 35.3 Å². The molecule has 29 heavy (non-hydrogen) atoms. The average Bonchev–Trinajstić information content (AvgIpc) is 3.17. The molecular formula is C19H27N3O6S. The van der Waals surface area contributed by atoms with E-state index in [1.54, 1.807) is 21.0 Å². The lowest BCUT2D eigenvalue weighted by atomic mass is 9.79. The molecule has 3 heterocycles. The number of amides is 2. The predicted molar refractivity (Wildman–Crippen MR) is 106 cm³/mol. The smallest absolute Gasteiger partial charge is 0.353 e. The highest BCUT2D eigenvalue weighted by Gasteiger charge is 2.60. The van der Waals surface area contributed by atoms with Crippen molar-refractivity contribution in [1.29, 1.82) is 0 Å². The zero-order valence-electron chi connectivity index (χ0n) is 16.9. The number of aliphatic carboxylic acids is 1. The average molecular weight is 426 g/mol. The van der Waals surface area contributed by atoms with Crippen LogP contribution in [0.4, 0.5) is 0 Å². The maximum absolute atomic E-state index is 12.4. The summed E-state index contributed by atoms with van der Waals surface area (Å²) in [5, 5.41) is 22.7. The Morgan fingerprint density at radius 3 is 2.55 bits per heavy atom. The maximum Gasteiger partial charge on any atom is 0.353 e. The quantitative estimate of drug-likeness (QED) is 0.373. The molecule has 0 spiro atoms. The van der Waals surface area contributed by atoms with Gasteiger partial charge in [-0.1, -0.05) is 6.92 Å². The normalized spacial score (nSPS) is 32.1. The number of carboxylic acids is 1. The first-order chi connectivity index (χ1) is 13.5. The number of carbonyl (C=O) groups excluding carboxylic acids is 3. The number of carbonyl (C=O) groups is 4. The largest absolute Gasteiger partial charge is 0.477 e. The molecule has 3 aliphatic rings. The van der Waals surface area contributed by atoms with Gasteiger partial charge in [-0.3, -0.25) is 14.4 Å². The Hall–Kier alpha value is -1.91. The molecule has 0 aromatic carbocycles. The molecule has 2 fully saturated rings. The van der Waals surface area contributed by atoms with E-state index in [4.69, 9.17) is 0 Å². The lowest BCUT2D eigenvalue weighted by Crippen LogP contribution is -2.63. The molecule has 2 saturated heterocycles. The number of aliphatic hydroxyl groups excluding tert-OH is 1. The van der Waals surface area contributed by atoms with Crippen molar-refractivity contribution in [2.24, 2.45) is 11.8 Å². The maximum atomic E-state index is 12.4. The minimum absolute atomic E-state index is 0.00744. The van der Waals surface area contributed by atoms with Crippen LogP contribution in [0.2, 0.25) is 0 Å². The van der Waals surface area contributed by atoms with Crippen LogP contribution in [0.25, 0.3) is 0 Å². The standard InChI is InChI=1S/C19H27N3O6S/c1-8-15-14(9(2)23)18(26)22(15)16(19(27)28)17(8)29-10-5-11(20-7-10)12(24)6-13(25)21(3)4/h8-11,14-15,20,23H,5-7H2,1-4H3,(H,27,28)/t8-,9-,10+,11+,14-,15-/m1/s1. The fraction of sp³-hybridized carbons (Fsp3) is 0.684. The Morgan fingerprint density at radius 1 is 1.34 bits per heavy atom. The molecule has 10 heteroatoms. The van der Waals surface area contributed by atoms with Gasteiger partial charge in [0.1, 0.15) is 5.70 Å². The second kappa shape index (κ2) is 8.08. The summed E-state index contributed by atoms with van der Waals surface area (Å²) in [7, 11) is 3.20. The van der Waals surface area contributed by atoms with E-state index < -0.39 is 24.0 Å². The molecule has 0 radical (unpaired) electrons. The summed E-state index contributed by atoms with van der Waals surface area (Å²) < 4.78 is 0. The number of rotatable bonds is 7. The van der Waals surface area contributed by atoms with Crippen LogP contribution in [0.1, 0.15) is 26.7 Å². The van der Waals surface area contributed by atoms with E-state index in [-0.39, 0.29) is 46.9 Å². The second-order valence-corrected chi connectivity index (χ2v) is 9.48. The molecule has 2 amide bonds. The van der Waals surface area contributed by atoms with E-state index in [0.717, 1.165) is 0 Å². The van der Waals surface area contributed by atoms with Crippen molar-refractivity contribution < 1.29 is 29.4 Å². The third-order valence-corrected chi connectivity index (χ3v) is 7.42. The van der Waals surface area contributed by atoms with Crippen molar-refractivity contribution in [3.05, 3.63) is 10.6 Å². The summed E-state index contributed by atoms with van der Waals surface area (Å²) in [6.45, 7) is 3.93. The fourth-order valence-electron chi connectivity index (χ4n) is 4.33. The van der Waals surface area contributed by atoms with Crippen LogP contribution < -0.4 is 5.32 Å². The number of fused-ring (bicyclic) bond motifs is 1. The number of hydrogen-bond acceptors (Lipinski definition) is 7. The van der Waals surface area contributed by atoms with Crippen LogP contribution in [0.15, 0.2) is 10.6 Å². The van der Waals surface area contributed by atoms with E-state index in [9.17, 15) is 29.4 Å². The van der Waals surface area contributed by atoms with Crippen LogP contribution in [0, 0.1) is 11.8 Å². The molecule has 3 aliphatic heterocycles. The van der Waals surface area contributed by atoms with Gasteiger partial charge in [-0.2, -0.15) is 0 Å². The van der Waals surface area contributed by atoms with Crippen LogP contribution in [-0.2, 0) is 19.2 Å². The van der Waals surface area contributed by atoms with Crippen molar-refractivity contribution in [3.8, 4) is 0 Å². The topological polar surface area (TPSA) is 127 Å². The van der Waals surface area contributed by atoms with Gasteiger partial charge in [0.2, 0.25) is 11.8 Å². The van der Waals surface area contributed by atoms with Crippen molar-refractivity contribution in [1.82, 2.24) is 15.1 Å². The van der Waals surface area contributed by atoms with Gasteiger partial charge in [-0.15, -0.1) is 11.8 Å². The molecule has 3 rings (SSSR count). The highest BCUT2D eigenvalue weighted by Crippen LogP contribution is 2.51. The van der Waals surface area contributed by atoms with Gasteiger partial charge in [0.05, 0.1) is 30.5 Å². The van der Waals surface area contributed by atoms with E-state index in [1.807, 2.05) is 6.92 Å². The first-order valence-corrected chi connectivity index (χ1v) is 10.5. The Kier molecular flexibility index (Phi) is 6.07. The minimum atomic E-state index is -1.16. The Balaban J connectivity index is 1.70. The van der Waals surface area contributed by atoms with Gasteiger partial charge in [0.25, 0.3) is 0 Å². The summed E-state index contributed by atoms with van der Waals surface area (Å²) in [6, 6.07) is -0.786. The molecule has 0 aromatic heterocycles. The molecule has 9 nitrogen and oxygen atoms in total. The van der Waals surface area contributed by atoms with Crippen molar-refractivity contribution in [2.75, 3.05) is 20.6 Å². The lowest BCUT2D eigenvalue weighted by Gasteiger charge is -2.46. The Labute approximate surface area is 173 Å². The molecule has 160 valence electrons. The second-order valence-electron chi connectivity index (χ2n) is 8.14. The SMILES string of the molecule is C[C@@H](O)[C@H]1C(=O)N2C(C(=O)O)=C(S[C@@H]3CN[C@H](C(=O)CC(=O)N(C)C)C3)[C@H](C)[C@H]12. The first-order valence-electron chi connectivity index (χ1n) is 9.66. The number of hydrogen-bond donors (Lipinski definition) is 3. The molecule has 0 aliphatic carbocycles. The van der Waals surface area contributed by atoms with Gasteiger partial charge in [-0.05, 0) is 13.3 Å². The summed E-state index contributed by atoms with van der Waals surface area (Å²) in [6.07, 6.45) is -0.511. The van der Waals surface area contributed by atoms with E-state index >= 15 is 0 Å². The lowest BCUT2D eigenvalue weighted by molar-refractivity contribution is -0.163. The molecule has 0 unspecified atom stereocenters. The van der Waals surface area contributed by atoms with Crippen molar-refractivity contribution in [3.63, 3.8) is 0 Å². The van der Waals surface area contributed by atoms with Gasteiger partial charge < -0.3 is 25.3 Å². The van der Waals surface area contributed by atoms with Crippen LogP contribution in [-0.4, -0.2) is 87.7 Å². The van der Waals surface area contributed by atoms with Gasteiger partial charge in [0, 0.05) is 36.7 Å². The number of nitrogens with zero attached hydrogens (tertiary/aromatic N) is 2. The molecule has 0 aromatic rings. The van der Waals surface area contributed by atoms with E-state index in [1.165, 1.54) is 21.6 Å². The van der Waals surface area contributed by atoms with Crippen molar-refractivity contribution in [2.45, 2.75) is 50.1 Å². The summed E-state index contributed by atoms with van der Waals surface area (Å²) in [5.41, 5.74) is -0.00744. The monoisotopic (exact) mass is 425 g/mol. The highest BCUT2D eigenvalue weighted by atomic mass is 32.2. The molecular weight excluding hydrogens is 398 g/mol. The number of carboxylic acid groups (broad SMARTS) is 1. The van der Waals surface area contributed by atoms with Crippen LogP contribution >= 0.6 is 11.8 Å². The number of ketones is 1. The summed E-state index contributed by atoms with van der Waals surface area (Å²) in [5.74, 6) is -2.73. The zero-order chi connectivity index (χ0) is 21.6. The summed E-state index contributed by atoms with van der Waals surface area (Å²) in [4.78, 5) is 51.7. The third-order valence-electron chi connectivity index (χ3n) is 5.91. The Morgan fingerprint density at radius 2 is 2.00 bits per heavy atom. The summed E-state index contributed by atoms with van der Waals surface area (Å²) >= 11 is 1.38. The molecule has 0 bridgehead atoms.